The summed E-state index contributed by atoms with van der Waals surface area (Å²) in [5, 5.41) is 0. The average Bonchev–Trinajstić information content (AvgIpc) is 2.31. The van der Waals surface area contributed by atoms with Gasteiger partial charge in [0.15, 0.2) is 0 Å². The molecular weight excluding hydrogens is 211 g/mol. The molecule has 0 aromatic heterocycles. The SMILES string of the molecule is O=C=NC1=CC(F)=C(N2CCOCC2)CC1. The summed E-state index contributed by atoms with van der Waals surface area (Å²) in [6, 6.07) is 0. The molecule has 0 amide bonds. The third kappa shape index (κ3) is 2.38. The van der Waals surface area contributed by atoms with Gasteiger partial charge in [0.1, 0.15) is 5.83 Å². The molecule has 0 N–H and O–H groups in total. The van der Waals surface area contributed by atoms with E-state index in [0.29, 0.717) is 37.4 Å². The predicted octanol–water partition coefficient (Wildman–Crippen LogP) is 1.51. The molecule has 0 atom stereocenters. The molecule has 4 nitrogen and oxygen atoms in total. The van der Waals surface area contributed by atoms with Gasteiger partial charge in [-0.3, -0.25) is 0 Å². The van der Waals surface area contributed by atoms with Crippen LogP contribution in [0.15, 0.2) is 28.3 Å². The minimum absolute atomic E-state index is 0.290. The first-order chi connectivity index (χ1) is 7.81. The normalized spacial score (nSPS) is 21.6. The fraction of sp³-hybridized carbons (Fsp3) is 0.545. The molecule has 0 bridgehead atoms. The molecule has 2 rings (SSSR count). The van der Waals surface area contributed by atoms with Crippen molar-refractivity contribution in [3.05, 3.63) is 23.3 Å². The van der Waals surface area contributed by atoms with Crippen LogP contribution in [0, 0.1) is 0 Å². The first-order valence-corrected chi connectivity index (χ1v) is 5.31. The van der Waals surface area contributed by atoms with E-state index in [-0.39, 0.29) is 5.83 Å². The van der Waals surface area contributed by atoms with Crippen LogP contribution in [-0.4, -0.2) is 37.3 Å². The van der Waals surface area contributed by atoms with Crippen molar-refractivity contribution in [1.82, 2.24) is 4.90 Å². The third-order valence-corrected chi connectivity index (χ3v) is 2.77. The maximum atomic E-state index is 13.7. The number of allylic oxidation sites excluding steroid dienone is 4. The first-order valence-electron chi connectivity index (χ1n) is 5.31. The molecule has 1 saturated heterocycles. The van der Waals surface area contributed by atoms with Crippen LogP contribution in [-0.2, 0) is 9.53 Å². The van der Waals surface area contributed by atoms with Crippen molar-refractivity contribution in [2.75, 3.05) is 26.3 Å². The van der Waals surface area contributed by atoms with Crippen molar-refractivity contribution < 1.29 is 13.9 Å². The number of nitrogens with zero attached hydrogens (tertiary/aromatic N) is 2. The smallest absolute Gasteiger partial charge is 0.240 e. The largest absolute Gasteiger partial charge is 0.378 e. The zero-order valence-electron chi connectivity index (χ0n) is 8.91. The van der Waals surface area contributed by atoms with E-state index in [4.69, 9.17) is 4.74 Å². The fourth-order valence-corrected chi connectivity index (χ4v) is 1.96. The van der Waals surface area contributed by atoms with Crippen LogP contribution in [0.4, 0.5) is 4.39 Å². The second kappa shape index (κ2) is 5.05. The molecule has 0 radical (unpaired) electrons. The molecule has 0 aromatic carbocycles. The van der Waals surface area contributed by atoms with Crippen LogP contribution in [0.2, 0.25) is 0 Å². The summed E-state index contributed by atoms with van der Waals surface area (Å²) in [7, 11) is 0. The van der Waals surface area contributed by atoms with Gasteiger partial charge < -0.3 is 9.64 Å². The zero-order chi connectivity index (χ0) is 11.4. The zero-order valence-corrected chi connectivity index (χ0v) is 8.91. The lowest BCUT2D eigenvalue weighted by atomic mass is 10.1. The van der Waals surface area contributed by atoms with Gasteiger partial charge in [0.25, 0.3) is 0 Å². The number of isocyanates is 1. The Morgan fingerprint density at radius 3 is 2.75 bits per heavy atom. The molecule has 16 heavy (non-hydrogen) atoms. The van der Waals surface area contributed by atoms with Crippen molar-refractivity contribution >= 4 is 6.08 Å². The molecule has 2 aliphatic rings. The summed E-state index contributed by atoms with van der Waals surface area (Å²) in [5.41, 5.74) is 1.16. The quantitative estimate of drug-likeness (QED) is 0.527. The highest BCUT2D eigenvalue weighted by atomic mass is 19.1. The molecular formula is C11H13FN2O2. The lowest BCUT2D eigenvalue weighted by molar-refractivity contribution is 0.0507. The summed E-state index contributed by atoms with van der Waals surface area (Å²) in [6.45, 7) is 2.73. The van der Waals surface area contributed by atoms with Gasteiger partial charge in [-0.15, -0.1) is 0 Å². The summed E-state index contributed by atoms with van der Waals surface area (Å²) < 4.78 is 19.0. The molecule has 1 aliphatic heterocycles. The van der Waals surface area contributed by atoms with E-state index in [0.717, 1.165) is 13.1 Å². The van der Waals surface area contributed by atoms with Crippen molar-refractivity contribution in [1.29, 1.82) is 0 Å². The van der Waals surface area contributed by atoms with E-state index in [1.807, 2.05) is 4.90 Å². The standard InChI is InChI=1S/C11H13FN2O2/c12-10-7-9(13-8-15)1-2-11(10)14-3-5-16-6-4-14/h7H,1-6H2. The molecule has 1 heterocycles. The van der Waals surface area contributed by atoms with Crippen LogP contribution in [0.3, 0.4) is 0 Å². The van der Waals surface area contributed by atoms with E-state index in [9.17, 15) is 9.18 Å². The monoisotopic (exact) mass is 224 g/mol. The first kappa shape index (κ1) is 11.0. The summed E-state index contributed by atoms with van der Waals surface area (Å²) in [6.07, 6.45) is 3.93. The number of rotatable bonds is 2. The molecule has 0 spiro atoms. The third-order valence-electron chi connectivity index (χ3n) is 2.77. The lowest BCUT2D eigenvalue weighted by Crippen LogP contribution is -2.36. The van der Waals surface area contributed by atoms with E-state index in [2.05, 4.69) is 4.99 Å². The number of hydrogen-bond acceptors (Lipinski definition) is 4. The Labute approximate surface area is 93.1 Å². The lowest BCUT2D eigenvalue weighted by Gasteiger charge is -2.32. The maximum Gasteiger partial charge on any atom is 0.240 e. The van der Waals surface area contributed by atoms with Crippen molar-refractivity contribution in [2.45, 2.75) is 12.8 Å². The Morgan fingerprint density at radius 1 is 1.38 bits per heavy atom. The Bertz CT molecular complexity index is 377. The van der Waals surface area contributed by atoms with Crippen LogP contribution in [0.1, 0.15) is 12.8 Å². The Morgan fingerprint density at radius 2 is 2.12 bits per heavy atom. The number of carbonyl (C=O) groups excluding carboxylic acids is 1. The van der Waals surface area contributed by atoms with Gasteiger partial charge >= 0.3 is 0 Å². The predicted molar refractivity (Wildman–Crippen MR) is 56.0 cm³/mol. The van der Waals surface area contributed by atoms with Crippen LogP contribution in [0.5, 0.6) is 0 Å². The van der Waals surface area contributed by atoms with Gasteiger partial charge in [-0.2, -0.15) is 4.99 Å². The Balaban J connectivity index is 2.15. The minimum Gasteiger partial charge on any atom is -0.378 e. The Kier molecular flexibility index (Phi) is 3.49. The molecule has 0 unspecified atom stereocenters. The molecule has 0 saturated carbocycles. The molecule has 0 aromatic rings. The number of aliphatic imine (C=N–C) groups is 1. The van der Waals surface area contributed by atoms with Crippen molar-refractivity contribution in [3.63, 3.8) is 0 Å². The topological polar surface area (TPSA) is 41.9 Å². The van der Waals surface area contributed by atoms with Crippen molar-refractivity contribution in [3.8, 4) is 0 Å². The van der Waals surface area contributed by atoms with Crippen LogP contribution < -0.4 is 0 Å². The summed E-state index contributed by atoms with van der Waals surface area (Å²) in [5.74, 6) is -0.290. The van der Waals surface area contributed by atoms with Gasteiger partial charge in [0.2, 0.25) is 6.08 Å². The van der Waals surface area contributed by atoms with E-state index < -0.39 is 0 Å². The second-order valence-electron chi connectivity index (χ2n) is 3.73. The number of ether oxygens (including phenoxy) is 1. The van der Waals surface area contributed by atoms with Gasteiger partial charge in [0.05, 0.1) is 24.6 Å². The van der Waals surface area contributed by atoms with E-state index in [1.54, 1.807) is 0 Å². The maximum absolute atomic E-state index is 13.7. The highest BCUT2D eigenvalue weighted by molar-refractivity contribution is 5.39. The highest BCUT2D eigenvalue weighted by Crippen LogP contribution is 2.28. The summed E-state index contributed by atoms with van der Waals surface area (Å²) >= 11 is 0. The number of halogens is 1. The molecule has 86 valence electrons. The summed E-state index contributed by atoms with van der Waals surface area (Å²) in [4.78, 5) is 15.5. The number of morpholine rings is 1. The average molecular weight is 224 g/mol. The molecule has 1 fully saturated rings. The van der Waals surface area contributed by atoms with Crippen molar-refractivity contribution in [2.24, 2.45) is 4.99 Å². The van der Waals surface area contributed by atoms with Crippen LogP contribution >= 0.6 is 0 Å². The van der Waals surface area contributed by atoms with E-state index in [1.165, 1.54) is 12.2 Å². The van der Waals surface area contributed by atoms with Gasteiger partial charge in [-0.1, -0.05) is 0 Å². The minimum atomic E-state index is -0.290. The van der Waals surface area contributed by atoms with Gasteiger partial charge in [0, 0.05) is 13.1 Å². The Hall–Kier alpha value is -1.45. The second-order valence-corrected chi connectivity index (χ2v) is 3.73. The molecule has 5 heteroatoms. The van der Waals surface area contributed by atoms with E-state index >= 15 is 0 Å². The van der Waals surface area contributed by atoms with Gasteiger partial charge in [-0.25, -0.2) is 9.18 Å². The highest BCUT2D eigenvalue weighted by Gasteiger charge is 2.20. The van der Waals surface area contributed by atoms with Crippen LogP contribution in [0.25, 0.3) is 0 Å². The molecule has 1 aliphatic carbocycles. The number of hydrogen-bond donors (Lipinski definition) is 0. The van der Waals surface area contributed by atoms with Gasteiger partial charge in [-0.05, 0) is 18.9 Å². The fourth-order valence-electron chi connectivity index (χ4n) is 1.96.